The van der Waals surface area contributed by atoms with Gasteiger partial charge in [0.2, 0.25) is 0 Å². The first-order chi connectivity index (χ1) is 14.9. The Kier molecular flexibility index (Phi) is 4.71. The molecule has 0 amide bonds. The fraction of sp³-hybridized carbons (Fsp3) is 0.750. The van der Waals surface area contributed by atoms with Crippen LogP contribution in [0.15, 0.2) is 24.3 Å². The van der Waals surface area contributed by atoms with Crippen LogP contribution in [0.25, 0.3) is 0 Å². The summed E-state index contributed by atoms with van der Waals surface area (Å²) < 4.78 is 6.62. The van der Waals surface area contributed by atoms with E-state index < -0.39 is 0 Å². The van der Waals surface area contributed by atoms with Gasteiger partial charge in [-0.05, 0) is 99.4 Å². The normalized spacial score (nSPS) is 46.9. The van der Waals surface area contributed by atoms with Crippen LogP contribution < -0.4 is 5.32 Å². The maximum Gasteiger partial charge on any atom is 0.146 e. The van der Waals surface area contributed by atoms with Crippen molar-refractivity contribution in [1.82, 2.24) is 5.32 Å². The number of hydrogen-bond donors (Lipinski definition) is 1. The lowest BCUT2D eigenvalue weighted by atomic mass is 9.46. The molecule has 3 nitrogen and oxygen atoms in total. The van der Waals surface area contributed by atoms with Gasteiger partial charge in [-0.2, -0.15) is 0 Å². The Morgan fingerprint density at radius 3 is 2.52 bits per heavy atom. The summed E-state index contributed by atoms with van der Waals surface area (Å²) in [4.78, 5) is 12.4. The molecule has 0 spiro atoms. The highest BCUT2D eigenvalue weighted by atomic mass is 16.5. The Morgan fingerprint density at radius 2 is 1.77 bits per heavy atom. The van der Waals surface area contributed by atoms with Crippen molar-refractivity contribution in [2.75, 3.05) is 6.54 Å². The molecule has 168 valence electrons. The molecule has 1 aromatic rings. The van der Waals surface area contributed by atoms with Gasteiger partial charge in [0.15, 0.2) is 0 Å². The number of Topliss-reactive ketones (excluding diaryl/α,β-unsaturated/α-hetero) is 1. The number of rotatable bonds is 3. The van der Waals surface area contributed by atoms with Gasteiger partial charge in [0.25, 0.3) is 0 Å². The minimum absolute atomic E-state index is 0.108. The number of piperidine rings is 1. The van der Waals surface area contributed by atoms with E-state index in [2.05, 4.69) is 50.4 Å². The molecule has 5 fully saturated rings. The molecule has 1 aliphatic heterocycles. The molecule has 1 N–H and O–H groups in total. The predicted octanol–water partition coefficient (Wildman–Crippen LogP) is 5.41. The van der Waals surface area contributed by atoms with E-state index in [9.17, 15) is 4.79 Å². The molecule has 1 saturated heterocycles. The van der Waals surface area contributed by atoms with Crippen LogP contribution in [0.1, 0.15) is 82.3 Å². The molecular formula is C28H39NO2. The van der Waals surface area contributed by atoms with Gasteiger partial charge in [0, 0.05) is 12.0 Å². The van der Waals surface area contributed by atoms with Gasteiger partial charge in [-0.15, -0.1) is 0 Å². The summed E-state index contributed by atoms with van der Waals surface area (Å²) in [5.74, 6) is 3.52. The summed E-state index contributed by atoms with van der Waals surface area (Å²) in [5.41, 5.74) is 3.27. The highest BCUT2D eigenvalue weighted by Gasteiger charge is 2.63. The maximum atomic E-state index is 12.4. The van der Waals surface area contributed by atoms with Gasteiger partial charge in [0.1, 0.15) is 5.78 Å². The monoisotopic (exact) mass is 421 g/mol. The molecule has 0 aromatic heterocycles. The number of ketones is 1. The van der Waals surface area contributed by atoms with E-state index in [0.29, 0.717) is 53.6 Å². The molecule has 31 heavy (non-hydrogen) atoms. The fourth-order valence-electron chi connectivity index (χ4n) is 8.46. The zero-order valence-corrected chi connectivity index (χ0v) is 19.5. The van der Waals surface area contributed by atoms with Crippen LogP contribution in [0.5, 0.6) is 0 Å². The Bertz CT molecular complexity index is 860. The molecule has 0 bridgehead atoms. The van der Waals surface area contributed by atoms with Crippen LogP contribution >= 0.6 is 0 Å². The molecule has 0 radical (unpaired) electrons. The minimum atomic E-state index is 0.108. The number of aryl methyl sites for hydroxylation is 1. The van der Waals surface area contributed by atoms with Gasteiger partial charge in [0.05, 0.1) is 18.8 Å². The van der Waals surface area contributed by atoms with Crippen LogP contribution in [-0.2, 0) is 9.53 Å². The van der Waals surface area contributed by atoms with Crippen molar-refractivity contribution >= 4 is 5.78 Å². The van der Waals surface area contributed by atoms with E-state index in [4.69, 9.17) is 4.74 Å². The second kappa shape index (κ2) is 7.15. The molecule has 6 rings (SSSR count). The SMILES string of the molecule is Cc1ccc(C2CC3CC(=O)CN[C@]3(C)[C@@H]3CC[C@]4(C)C(OC5CC5)CC[C@H]4[C@H]23)cc1. The van der Waals surface area contributed by atoms with E-state index in [1.54, 1.807) is 0 Å². The summed E-state index contributed by atoms with van der Waals surface area (Å²) in [6, 6.07) is 9.35. The quantitative estimate of drug-likeness (QED) is 0.709. The standard InChI is InChI=1S/C28H39NO2/c1-17-4-6-18(7-5-17)22-15-19-14-20(30)16-29-28(19,3)24-12-13-27(2)23(26(22)24)10-11-25(27)31-21-8-9-21/h4-7,19,21-26,29H,8-16H2,1-3H3/t19?,22?,23-,24+,25?,26-,27-,28-/m0/s1. The van der Waals surface area contributed by atoms with Crippen LogP contribution in [0.3, 0.4) is 0 Å². The van der Waals surface area contributed by atoms with Crippen LogP contribution in [-0.4, -0.2) is 30.1 Å². The molecule has 1 aromatic carbocycles. The summed E-state index contributed by atoms with van der Waals surface area (Å²) in [6.07, 6.45) is 10.6. The number of carbonyl (C=O) groups is 1. The summed E-state index contributed by atoms with van der Waals surface area (Å²) >= 11 is 0. The number of ether oxygens (including phenoxy) is 1. The average Bonchev–Trinajstić information content (AvgIpc) is 3.51. The summed E-state index contributed by atoms with van der Waals surface area (Å²) in [7, 11) is 0. The van der Waals surface area contributed by atoms with Gasteiger partial charge < -0.3 is 10.1 Å². The predicted molar refractivity (Wildman–Crippen MR) is 123 cm³/mol. The van der Waals surface area contributed by atoms with Crippen molar-refractivity contribution in [3.05, 3.63) is 35.4 Å². The third-order valence-electron chi connectivity index (χ3n) is 10.4. The van der Waals surface area contributed by atoms with Crippen molar-refractivity contribution in [1.29, 1.82) is 0 Å². The Balaban J connectivity index is 1.39. The largest absolute Gasteiger partial charge is 0.374 e. The van der Waals surface area contributed by atoms with Crippen molar-refractivity contribution in [2.45, 2.75) is 95.8 Å². The Hall–Kier alpha value is -1.19. The van der Waals surface area contributed by atoms with Crippen molar-refractivity contribution in [3.8, 4) is 0 Å². The first kappa shape index (κ1) is 20.4. The lowest BCUT2D eigenvalue weighted by Crippen LogP contribution is -2.67. The lowest BCUT2D eigenvalue weighted by molar-refractivity contribution is -0.137. The fourth-order valence-corrected chi connectivity index (χ4v) is 8.46. The molecule has 3 unspecified atom stereocenters. The van der Waals surface area contributed by atoms with Crippen molar-refractivity contribution in [2.24, 2.45) is 29.1 Å². The summed E-state index contributed by atoms with van der Waals surface area (Å²) in [6.45, 7) is 7.78. The highest BCUT2D eigenvalue weighted by molar-refractivity contribution is 5.82. The van der Waals surface area contributed by atoms with Crippen LogP contribution in [0, 0.1) is 36.0 Å². The van der Waals surface area contributed by atoms with Crippen molar-refractivity contribution < 1.29 is 9.53 Å². The van der Waals surface area contributed by atoms with Gasteiger partial charge >= 0.3 is 0 Å². The minimum Gasteiger partial charge on any atom is -0.374 e. The number of carbonyl (C=O) groups excluding carboxylic acids is 1. The number of hydrogen-bond acceptors (Lipinski definition) is 3. The molecule has 3 heteroatoms. The Morgan fingerprint density at radius 1 is 1.00 bits per heavy atom. The second-order valence-electron chi connectivity index (χ2n) is 12.1. The third-order valence-corrected chi connectivity index (χ3v) is 10.4. The maximum absolute atomic E-state index is 12.4. The average molecular weight is 422 g/mol. The lowest BCUT2D eigenvalue weighted by Gasteiger charge is -2.62. The van der Waals surface area contributed by atoms with Crippen LogP contribution in [0.4, 0.5) is 0 Å². The molecular weight excluding hydrogens is 382 g/mol. The van der Waals surface area contributed by atoms with Crippen molar-refractivity contribution in [3.63, 3.8) is 0 Å². The van der Waals surface area contributed by atoms with E-state index in [-0.39, 0.29) is 5.54 Å². The van der Waals surface area contributed by atoms with Gasteiger partial charge in [-0.25, -0.2) is 0 Å². The zero-order chi connectivity index (χ0) is 21.4. The van der Waals surface area contributed by atoms with E-state index in [0.717, 1.165) is 18.8 Å². The Labute approximate surface area is 187 Å². The topological polar surface area (TPSA) is 38.3 Å². The number of fused-ring (bicyclic) bond motifs is 5. The smallest absolute Gasteiger partial charge is 0.146 e. The first-order valence-electron chi connectivity index (χ1n) is 12.9. The molecule has 5 aliphatic rings. The number of benzene rings is 1. The third kappa shape index (κ3) is 3.17. The second-order valence-corrected chi connectivity index (χ2v) is 12.1. The zero-order valence-electron chi connectivity index (χ0n) is 19.5. The summed E-state index contributed by atoms with van der Waals surface area (Å²) in [5, 5.41) is 3.79. The van der Waals surface area contributed by atoms with E-state index in [1.165, 1.54) is 49.7 Å². The van der Waals surface area contributed by atoms with Gasteiger partial charge in [-0.3, -0.25) is 4.79 Å². The number of nitrogens with one attached hydrogen (secondary N) is 1. The van der Waals surface area contributed by atoms with E-state index >= 15 is 0 Å². The van der Waals surface area contributed by atoms with E-state index in [1.807, 2.05) is 0 Å². The molecule has 4 aliphatic carbocycles. The molecule has 4 saturated carbocycles. The molecule has 8 atom stereocenters. The van der Waals surface area contributed by atoms with Crippen LogP contribution in [0.2, 0.25) is 0 Å². The highest BCUT2D eigenvalue weighted by Crippen LogP contribution is 2.66. The molecule has 1 heterocycles. The van der Waals surface area contributed by atoms with Gasteiger partial charge in [-0.1, -0.05) is 36.8 Å². The first-order valence-corrected chi connectivity index (χ1v) is 12.9.